The quantitative estimate of drug-likeness (QED) is 0.205. The van der Waals surface area contributed by atoms with Crippen LogP contribution in [0.3, 0.4) is 0 Å². The predicted molar refractivity (Wildman–Crippen MR) is 163 cm³/mol. The largest absolute Gasteiger partial charge is 0.516 e. The summed E-state index contributed by atoms with van der Waals surface area (Å²) in [6, 6.07) is 0. The van der Waals surface area contributed by atoms with Gasteiger partial charge in [0.2, 0.25) is 0 Å². The van der Waals surface area contributed by atoms with Crippen LogP contribution in [0.25, 0.3) is 0 Å². The molecule has 0 N–H and O–H groups in total. The van der Waals surface area contributed by atoms with Crippen LogP contribution in [0.4, 0.5) is 0 Å². The Bertz CT molecular complexity index is 531. The van der Waals surface area contributed by atoms with Gasteiger partial charge in [-0.25, -0.2) is 0 Å². The third kappa shape index (κ3) is 13.7. The Morgan fingerprint density at radius 3 is 0.615 bits per heavy atom. The van der Waals surface area contributed by atoms with Crippen LogP contribution < -0.4 is 0 Å². The summed E-state index contributed by atoms with van der Waals surface area (Å²) in [4.78, 5) is 19.8. The number of hydrogen-bond acceptors (Lipinski definition) is 16. The first-order valence-electron chi connectivity index (χ1n) is 13.0. The van der Waals surface area contributed by atoms with Crippen molar-refractivity contribution in [2.75, 3.05) is 106 Å². The Morgan fingerprint density at radius 2 is 0.513 bits per heavy atom. The van der Waals surface area contributed by atoms with E-state index in [4.69, 9.17) is 67.1 Å². The van der Waals surface area contributed by atoms with Gasteiger partial charge in [0.05, 0.1) is 106 Å². The standard InChI is InChI=1S/2C6H12N4.2C4H11O2PS2.Cd/c2*1-7-2-9-4-8(1)5-10(3-7)6-9;2*1-3-5-7(8,9)6-4-2;/h2*1-6H2;2*3-4H2,1-2H3,(H,8,9);/p-2. The fourth-order valence-corrected chi connectivity index (χ4v) is 9.12. The minimum atomic E-state index is -2.28. The monoisotopic (exact) mass is 764 g/mol. The molecule has 39 heavy (non-hydrogen) atoms. The van der Waals surface area contributed by atoms with Crippen LogP contribution >= 0.6 is 12.2 Å². The second-order valence-electron chi connectivity index (χ2n) is 9.63. The van der Waals surface area contributed by atoms with E-state index in [0.717, 1.165) is 0 Å². The van der Waals surface area contributed by atoms with E-state index in [1.165, 1.54) is 80.0 Å². The molecule has 8 rings (SSSR count). The average molecular weight is 763 g/mol. The van der Waals surface area contributed by atoms with Crippen molar-refractivity contribution < 1.29 is 45.4 Å². The summed E-state index contributed by atoms with van der Waals surface area (Å²) >= 11 is 19.3. The average Bonchev–Trinajstić information content (AvgIpc) is 2.78. The minimum absolute atomic E-state index is 0. The molecule has 8 aliphatic heterocycles. The third-order valence-electron chi connectivity index (χ3n) is 5.95. The van der Waals surface area contributed by atoms with E-state index in [0.29, 0.717) is 26.4 Å². The Hall–Kier alpha value is 2.70. The van der Waals surface area contributed by atoms with E-state index in [-0.39, 0.29) is 27.3 Å². The molecule has 226 valence electrons. The molecular formula is C20H44CdN8O4P2S4-2. The van der Waals surface area contributed by atoms with Crippen molar-refractivity contribution in [2.45, 2.75) is 27.7 Å². The SMILES string of the molecule is C1N2CN3CN1CN(C2)C3.C1N2CN3CN1CN(C2)C3.CCO[P+]([S-])([S-])OCC.CCO[P+]([S-])([S-])OCC.[Cd]. The second kappa shape index (κ2) is 18.6. The number of rotatable bonds is 8. The Kier molecular flexibility index (Phi) is 18.1. The van der Waals surface area contributed by atoms with Gasteiger partial charge in [0.15, 0.2) is 0 Å². The number of nitrogens with zero attached hydrogens (tertiary/aromatic N) is 8. The van der Waals surface area contributed by atoms with E-state index in [1.54, 1.807) is 0 Å². The van der Waals surface area contributed by atoms with Crippen molar-refractivity contribution in [3.05, 3.63) is 0 Å². The van der Waals surface area contributed by atoms with Gasteiger partial charge in [-0.05, 0) is 27.7 Å². The molecule has 0 amide bonds. The molecule has 19 heteroatoms. The molecule has 0 aromatic rings. The maximum Gasteiger partial charge on any atom is 0.0864 e. The molecule has 0 saturated carbocycles. The number of hydrogen-bond donors (Lipinski definition) is 0. The van der Waals surface area contributed by atoms with Crippen LogP contribution in [-0.2, 0) is 94.4 Å². The molecule has 8 aliphatic rings. The molecular weight excluding hydrogens is 719 g/mol. The summed E-state index contributed by atoms with van der Waals surface area (Å²) in [5.41, 5.74) is 0. The summed E-state index contributed by atoms with van der Waals surface area (Å²) in [5, 5.41) is 0. The first-order valence-corrected chi connectivity index (χ1v) is 20.3. The normalized spacial score (nSPS) is 35.1. The molecule has 0 unspecified atom stereocenters. The second-order valence-corrected chi connectivity index (χ2v) is 19.6. The molecule has 8 bridgehead atoms. The molecule has 0 aromatic heterocycles. The minimum Gasteiger partial charge on any atom is -0.516 e. The van der Waals surface area contributed by atoms with Crippen LogP contribution in [0.2, 0.25) is 0 Å². The Labute approximate surface area is 278 Å². The van der Waals surface area contributed by atoms with Crippen molar-refractivity contribution >= 4 is 61.2 Å². The van der Waals surface area contributed by atoms with Gasteiger partial charge < -0.3 is 49.0 Å². The molecule has 0 aliphatic carbocycles. The van der Waals surface area contributed by atoms with E-state index in [9.17, 15) is 0 Å². The van der Waals surface area contributed by atoms with Crippen molar-refractivity contribution in [1.82, 2.24) is 39.2 Å². The van der Waals surface area contributed by atoms with Gasteiger partial charge >= 0.3 is 0 Å². The van der Waals surface area contributed by atoms with E-state index in [1.807, 2.05) is 27.7 Å². The summed E-state index contributed by atoms with van der Waals surface area (Å²) in [6.07, 6.45) is -4.55. The van der Waals surface area contributed by atoms with Crippen molar-refractivity contribution in [3.8, 4) is 0 Å². The fourth-order valence-electron chi connectivity index (χ4n) is 5.17. The predicted octanol–water partition coefficient (Wildman–Crippen LogP) is 1.62. The van der Waals surface area contributed by atoms with E-state index in [2.05, 4.69) is 39.2 Å². The van der Waals surface area contributed by atoms with Gasteiger partial charge in [0.1, 0.15) is 0 Å². The molecule has 8 fully saturated rings. The molecule has 0 atom stereocenters. The van der Waals surface area contributed by atoms with E-state index < -0.39 is 12.2 Å². The summed E-state index contributed by atoms with van der Waals surface area (Å²) in [6.45, 7) is 23.8. The summed E-state index contributed by atoms with van der Waals surface area (Å²) in [5.74, 6) is 0. The zero-order chi connectivity index (χ0) is 27.8. The Morgan fingerprint density at radius 1 is 0.385 bits per heavy atom. The summed E-state index contributed by atoms with van der Waals surface area (Å²) < 4.78 is 20.0. The summed E-state index contributed by atoms with van der Waals surface area (Å²) in [7, 11) is 0. The van der Waals surface area contributed by atoms with Gasteiger partial charge in [0.25, 0.3) is 0 Å². The van der Waals surface area contributed by atoms with Crippen LogP contribution in [-0.4, -0.2) is 146 Å². The first kappa shape index (κ1) is 37.9. The maximum absolute atomic E-state index is 4.99. The van der Waals surface area contributed by atoms with Crippen LogP contribution in [0.1, 0.15) is 27.7 Å². The van der Waals surface area contributed by atoms with Crippen LogP contribution in [0.5, 0.6) is 0 Å². The molecule has 0 spiro atoms. The zero-order valence-electron chi connectivity index (χ0n) is 23.8. The van der Waals surface area contributed by atoms with Crippen LogP contribution in [0.15, 0.2) is 0 Å². The topological polar surface area (TPSA) is 62.8 Å². The molecule has 8 heterocycles. The van der Waals surface area contributed by atoms with Crippen molar-refractivity contribution in [2.24, 2.45) is 0 Å². The molecule has 8 saturated heterocycles. The van der Waals surface area contributed by atoms with Crippen molar-refractivity contribution in [1.29, 1.82) is 0 Å². The van der Waals surface area contributed by atoms with Gasteiger partial charge in [-0.15, -0.1) is 0 Å². The Balaban J connectivity index is 0.000000181. The smallest absolute Gasteiger partial charge is 0.0864 e. The van der Waals surface area contributed by atoms with Gasteiger partial charge in [-0.2, -0.15) is 0 Å². The first-order chi connectivity index (χ1) is 18.0. The van der Waals surface area contributed by atoms with Crippen molar-refractivity contribution in [3.63, 3.8) is 0 Å². The molecule has 0 radical (unpaired) electrons. The van der Waals surface area contributed by atoms with Gasteiger partial charge in [-0.3, -0.25) is 57.3 Å². The van der Waals surface area contributed by atoms with Gasteiger partial charge in [-0.1, -0.05) is 0 Å². The maximum atomic E-state index is 4.99. The molecule has 12 nitrogen and oxygen atoms in total. The third-order valence-corrected chi connectivity index (χ3v) is 10.8. The fraction of sp³-hybridized carbons (Fsp3) is 1.00. The van der Waals surface area contributed by atoms with Crippen LogP contribution in [0, 0.1) is 0 Å². The van der Waals surface area contributed by atoms with E-state index >= 15 is 0 Å². The molecule has 0 aromatic carbocycles. The zero-order valence-corrected chi connectivity index (χ0v) is 32.9. The van der Waals surface area contributed by atoms with Gasteiger partial charge in [0, 0.05) is 39.5 Å².